The Kier molecular flexibility index (Phi) is 5.81. The molecule has 2 atom stereocenters. The molecule has 162 valence electrons. The lowest BCUT2D eigenvalue weighted by Gasteiger charge is -2.25. The zero-order chi connectivity index (χ0) is 22.1. The Balaban J connectivity index is 1.50. The van der Waals surface area contributed by atoms with Gasteiger partial charge in [-0.1, -0.05) is 29.8 Å². The van der Waals surface area contributed by atoms with Gasteiger partial charge in [-0.25, -0.2) is 14.6 Å². The number of primary amides is 1. The van der Waals surface area contributed by atoms with Crippen LogP contribution in [0.2, 0.25) is 4.47 Å². The molecule has 31 heavy (non-hydrogen) atoms. The summed E-state index contributed by atoms with van der Waals surface area (Å²) in [4.78, 5) is 43.3. The Bertz CT molecular complexity index is 1160. The summed E-state index contributed by atoms with van der Waals surface area (Å²) in [5, 5.41) is 16.4. The van der Waals surface area contributed by atoms with Gasteiger partial charge >= 0.3 is 12.1 Å². The highest BCUT2D eigenvalue weighted by Gasteiger charge is 2.41. The summed E-state index contributed by atoms with van der Waals surface area (Å²) in [6.45, 7) is 0.389. The second kappa shape index (κ2) is 8.53. The van der Waals surface area contributed by atoms with Crippen LogP contribution < -0.4 is 16.4 Å². The summed E-state index contributed by atoms with van der Waals surface area (Å²) in [6.07, 6.45) is 2.25. The molecule has 1 fully saturated rings. The number of aromatic nitrogens is 2. The number of thiazole rings is 1. The maximum Gasteiger partial charge on any atom is 0.323 e. The van der Waals surface area contributed by atoms with Gasteiger partial charge < -0.3 is 26.4 Å². The molecule has 0 bridgehead atoms. The number of likely N-dealkylation sites (tertiary alicyclic amines) is 1. The number of carbonyl (C=O) groups is 3. The summed E-state index contributed by atoms with van der Waals surface area (Å²) < 4.78 is 1.59. The van der Waals surface area contributed by atoms with Crippen molar-refractivity contribution in [1.29, 1.82) is 0 Å². The van der Waals surface area contributed by atoms with Gasteiger partial charge in [0.25, 0.3) is 0 Å². The molecule has 3 heterocycles. The van der Waals surface area contributed by atoms with E-state index in [0.29, 0.717) is 21.1 Å². The first kappa shape index (κ1) is 21.1. The van der Waals surface area contributed by atoms with E-state index in [0.717, 1.165) is 4.88 Å². The van der Waals surface area contributed by atoms with Crippen molar-refractivity contribution >= 4 is 57.5 Å². The molecule has 1 aliphatic heterocycles. The smallest absolute Gasteiger partial charge is 0.323 e. The van der Waals surface area contributed by atoms with Crippen molar-refractivity contribution in [2.24, 2.45) is 5.73 Å². The third kappa shape index (κ3) is 4.20. The maximum absolute atomic E-state index is 12.9. The minimum Gasteiger partial charge on any atom is -0.390 e. The molecule has 12 heteroatoms. The standard InChI is InChI=1S/C19H19ClN6O4S/c20-17-23-8-10(31-17)7-22-16(28)15-14(27)5-6-25(15)19(30)24-12-9-26(18(21)29)13-4-2-1-3-11(12)13/h1-4,8-9,14-15,27H,5-7H2,(H2,21,29)(H,22,28)(H,24,30)/t14-,15+/m1/s1. The lowest BCUT2D eigenvalue weighted by atomic mass is 10.1. The van der Waals surface area contributed by atoms with Gasteiger partial charge in [0, 0.05) is 29.2 Å². The average molecular weight is 463 g/mol. The highest BCUT2D eigenvalue weighted by atomic mass is 35.5. The van der Waals surface area contributed by atoms with Crippen molar-refractivity contribution in [3.63, 3.8) is 0 Å². The van der Waals surface area contributed by atoms with Gasteiger partial charge in [0.15, 0.2) is 4.47 Å². The van der Waals surface area contributed by atoms with E-state index in [9.17, 15) is 19.5 Å². The first-order valence-corrected chi connectivity index (χ1v) is 10.6. The molecule has 1 saturated heterocycles. The van der Waals surface area contributed by atoms with E-state index in [2.05, 4.69) is 15.6 Å². The summed E-state index contributed by atoms with van der Waals surface area (Å²) >= 11 is 7.03. The van der Waals surface area contributed by atoms with Crippen molar-refractivity contribution in [3.8, 4) is 0 Å². The molecule has 2 aromatic heterocycles. The number of para-hydroxylation sites is 1. The van der Waals surface area contributed by atoms with Gasteiger partial charge in [0.1, 0.15) is 6.04 Å². The zero-order valence-corrected chi connectivity index (χ0v) is 17.7. The van der Waals surface area contributed by atoms with Crippen LogP contribution in [0.3, 0.4) is 0 Å². The number of halogens is 1. The van der Waals surface area contributed by atoms with Crippen LogP contribution in [-0.4, -0.2) is 56.2 Å². The number of aliphatic hydroxyl groups is 1. The lowest BCUT2D eigenvalue weighted by molar-refractivity contribution is -0.127. The Labute approximate surface area is 185 Å². The Morgan fingerprint density at radius 1 is 1.32 bits per heavy atom. The predicted molar refractivity (Wildman–Crippen MR) is 116 cm³/mol. The monoisotopic (exact) mass is 462 g/mol. The second-order valence-electron chi connectivity index (χ2n) is 6.99. The number of rotatable bonds is 4. The third-order valence-corrected chi connectivity index (χ3v) is 6.16. The predicted octanol–water partition coefficient (Wildman–Crippen LogP) is 1.96. The maximum atomic E-state index is 12.9. The number of amides is 4. The SMILES string of the molecule is NC(=O)n1cc(NC(=O)N2CC[C@@H](O)[C@H]2C(=O)NCc2cnc(Cl)s2)c2ccccc21. The number of nitrogens with zero attached hydrogens (tertiary/aromatic N) is 3. The van der Waals surface area contributed by atoms with Crippen LogP contribution in [0, 0.1) is 0 Å². The number of aliphatic hydroxyl groups excluding tert-OH is 1. The summed E-state index contributed by atoms with van der Waals surface area (Å²) in [6, 6.07) is 4.67. The van der Waals surface area contributed by atoms with Gasteiger partial charge in [-0.2, -0.15) is 0 Å². The van der Waals surface area contributed by atoms with Gasteiger partial charge in [0.05, 0.1) is 23.9 Å². The van der Waals surface area contributed by atoms with Crippen molar-refractivity contribution in [2.75, 3.05) is 11.9 Å². The van der Waals surface area contributed by atoms with Crippen molar-refractivity contribution in [3.05, 3.63) is 46.0 Å². The fraction of sp³-hybridized carbons (Fsp3) is 0.263. The van der Waals surface area contributed by atoms with Crippen LogP contribution in [0.5, 0.6) is 0 Å². The fourth-order valence-corrected chi connectivity index (χ4v) is 4.53. The minimum absolute atomic E-state index is 0.188. The van der Waals surface area contributed by atoms with Crippen LogP contribution in [0.15, 0.2) is 36.7 Å². The molecule has 5 N–H and O–H groups in total. The van der Waals surface area contributed by atoms with Crippen molar-refractivity contribution in [2.45, 2.75) is 25.1 Å². The van der Waals surface area contributed by atoms with Gasteiger partial charge in [-0.3, -0.25) is 9.36 Å². The molecular formula is C19H19ClN6O4S. The van der Waals surface area contributed by atoms with Crippen LogP contribution in [0.4, 0.5) is 15.3 Å². The normalized spacial score (nSPS) is 18.3. The Morgan fingerprint density at radius 2 is 2.10 bits per heavy atom. The fourth-order valence-electron chi connectivity index (χ4n) is 3.61. The lowest BCUT2D eigenvalue weighted by Crippen LogP contribution is -2.51. The summed E-state index contributed by atoms with van der Waals surface area (Å²) in [5.74, 6) is -0.482. The molecule has 0 saturated carbocycles. The van der Waals surface area contributed by atoms with E-state index in [1.807, 2.05) is 0 Å². The molecule has 1 aromatic carbocycles. The number of nitrogens with one attached hydrogen (secondary N) is 2. The Morgan fingerprint density at radius 3 is 2.81 bits per heavy atom. The molecule has 0 spiro atoms. The number of carbonyl (C=O) groups excluding carboxylic acids is 3. The number of nitrogens with two attached hydrogens (primary N) is 1. The van der Waals surface area contributed by atoms with Crippen LogP contribution in [0.1, 0.15) is 11.3 Å². The topological polar surface area (TPSA) is 143 Å². The summed E-state index contributed by atoms with van der Waals surface area (Å²) in [7, 11) is 0. The molecule has 0 aliphatic carbocycles. The van der Waals surface area contributed by atoms with E-state index in [1.54, 1.807) is 30.5 Å². The second-order valence-corrected chi connectivity index (χ2v) is 8.69. The molecule has 3 aromatic rings. The number of benzene rings is 1. The molecule has 4 rings (SSSR count). The molecule has 4 amide bonds. The van der Waals surface area contributed by atoms with Crippen molar-refractivity contribution in [1.82, 2.24) is 19.8 Å². The van der Waals surface area contributed by atoms with Crippen LogP contribution >= 0.6 is 22.9 Å². The third-order valence-electron chi connectivity index (χ3n) is 5.05. The first-order valence-electron chi connectivity index (χ1n) is 9.38. The van der Waals surface area contributed by atoms with E-state index in [1.165, 1.54) is 27.0 Å². The minimum atomic E-state index is -1.05. The van der Waals surface area contributed by atoms with E-state index in [4.69, 9.17) is 17.3 Å². The molecular weight excluding hydrogens is 444 g/mol. The van der Waals surface area contributed by atoms with Gasteiger partial charge in [0.2, 0.25) is 5.91 Å². The molecule has 0 radical (unpaired) electrons. The molecule has 0 unspecified atom stereocenters. The average Bonchev–Trinajstić information content (AvgIpc) is 3.43. The van der Waals surface area contributed by atoms with Gasteiger partial charge in [-0.05, 0) is 12.5 Å². The van der Waals surface area contributed by atoms with Crippen LogP contribution in [-0.2, 0) is 11.3 Å². The van der Waals surface area contributed by atoms with E-state index >= 15 is 0 Å². The van der Waals surface area contributed by atoms with E-state index in [-0.39, 0.29) is 19.5 Å². The largest absolute Gasteiger partial charge is 0.390 e. The van der Waals surface area contributed by atoms with Crippen LogP contribution in [0.25, 0.3) is 10.9 Å². The Hall–Kier alpha value is -3.15. The number of urea groups is 1. The molecule has 10 nitrogen and oxygen atoms in total. The zero-order valence-electron chi connectivity index (χ0n) is 16.1. The summed E-state index contributed by atoms with van der Waals surface area (Å²) in [5.41, 5.74) is 6.33. The number of hydrogen-bond acceptors (Lipinski definition) is 6. The van der Waals surface area contributed by atoms with E-state index < -0.39 is 30.1 Å². The molecule has 1 aliphatic rings. The first-order chi connectivity index (χ1) is 14.8. The number of hydrogen-bond donors (Lipinski definition) is 4. The van der Waals surface area contributed by atoms with Gasteiger partial charge in [-0.15, -0.1) is 11.3 Å². The highest BCUT2D eigenvalue weighted by molar-refractivity contribution is 7.15. The van der Waals surface area contributed by atoms with Crippen molar-refractivity contribution < 1.29 is 19.5 Å². The highest BCUT2D eigenvalue weighted by Crippen LogP contribution is 2.27. The number of anilines is 1. The quantitative estimate of drug-likeness (QED) is 0.468. The number of fused-ring (bicyclic) bond motifs is 1.